The van der Waals surface area contributed by atoms with Crippen LogP contribution in [0.1, 0.15) is 31.2 Å². The molecule has 1 aliphatic rings. The zero-order chi connectivity index (χ0) is 12.1. The molecule has 1 heterocycles. The van der Waals surface area contributed by atoms with E-state index in [-0.39, 0.29) is 12.4 Å². The molecule has 0 aliphatic carbocycles. The summed E-state index contributed by atoms with van der Waals surface area (Å²) in [6.07, 6.45) is 3.81. The summed E-state index contributed by atoms with van der Waals surface area (Å²) in [5, 5.41) is 0. The summed E-state index contributed by atoms with van der Waals surface area (Å²) in [6, 6.07) is 10.6. The van der Waals surface area contributed by atoms with Gasteiger partial charge in [0.25, 0.3) is 0 Å². The van der Waals surface area contributed by atoms with Gasteiger partial charge in [0.05, 0.1) is 6.10 Å². The lowest BCUT2D eigenvalue weighted by molar-refractivity contribution is -0.184. The second-order valence-corrected chi connectivity index (χ2v) is 4.37. The molecule has 0 spiro atoms. The van der Waals surface area contributed by atoms with E-state index in [1.54, 1.807) is 0 Å². The van der Waals surface area contributed by atoms with Crippen LogP contribution in [0.3, 0.4) is 0 Å². The fraction of sp³-hybridized carbons (Fsp3) is 0.467. The number of benzene rings is 1. The first kappa shape index (κ1) is 12.3. The van der Waals surface area contributed by atoms with Crippen LogP contribution in [0.2, 0.25) is 0 Å². The first-order chi connectivity index (χ1) is 8.33. The number of ether oxygens (including phenoxy) is 2. The van der Waals surface area contributed by atoms with E-state index in [4.69, 9.17) is 9.47 Å². The molecule has 0 aromatic heterocycles. The van der Waals surface area contributed by atoms with Gasteiger partial charge in [-0.15, -0.1) is 6.58 Å². The van der Waals surface area contributed by atoms with Gasteiger partial charge in [-0.05, 0) is 24.8 Å². The lowest BCUT2D eigenvalue weighted by Gasteiger charge is -2.34. The summed E-state index contributed by atoms with van der Waals surface area (Å²) < 4.78 is 11.4. The van der Waals surface area contributed by atoms with Crippen molar-refractivity contribution in [2.75, 3.05) is 6.61 Å². The topological polar surface area (TPSA) is 18.5 Å². The van der Waals surface area contributed by atoms with Crippen LogP contribution in [0.25, 0.3) is 0 Å². The van der Waals surface area contributed by atoms with Gasteiger partial charge in [-0.1, -0.05) is 36.4 Å². The minimum Gasteiger partial charge on any atom is -0.353 e. The summed E-state index contributed by atoms with van der Waals surface area (Å²) in [7, 11) is 0. The Morgan fingerprint density at radius 1 is 1.35 bits per heavy atom. The van der Waals surface area contributed by atoms with E-state index in [1.165, 1.54) is 5.56 Å². The Morgan fingerprint density at radius 2 is 2.12 bits per heavy atom. The highest BCUT2D eigenvalue weighted by Gasteiger charge is 2.29. The molecule has 2 heteroatoms. The number of hydrogen-bond acceptors (Lipinski definition) is 2. The molecule has 0 radical (unpaired) electrons. The molecule has 1 aromatic rings. The van der Waals surface area contributed by atoms with Crippen LogP contribution < -0.4 is 0 Å². The Balaban J connectivity index is 2.09. The molecule has 0 bridgehead atoms. The van der Waals surface area contributed by atoms with Crippen LogP contribution in [0.15, 0.2) is 43.0 Å². The smallest absolute Gasteiger partial charge is 0.158 e. The van der Waals surface area contributed by atoms with Crippen LogP contribution in [-0.2, 0) is 9.47 Å². The van der Waals surface area contributed by atoms with Gasteiger partial charge in [0.15, 0.2) is 6.29 Å². The summed E-state index contributed by atoms with van der Waals surface area (Å²) in [4.78, 5) is 0. The van der Waals surface area contributed by atoms with Crippen LogP contribution in [-0.4, -0.2) is 19.0 Å². The van der Waals surface area contributed by atoms with E-state index in [9.17, 15) is 0 Å². The summed E-state index contributed by atoms with van der Waals surface area (Å²) in [5.41, 5.74) is 1.37. The van der Waals surface area contributed by atoms with E-state index in [2.05, 4.69) is 30.8 Å². The molecular weight excluding hydrogens is 212 g/mol. The molecule has 0 unspecified atom stereocenters. The predicted octanol–water partition coefficient (Wildman–Crippen LogP) is 3.50. The molecule has 1 aromatic carbocycles. The van der Waals surface area contributed by atoms with Gasteiger partial charge < -0.3 is 9.47 Å². The van der Waals surface area contributed by atoms with E-state index in [0.717, 1.165) is 12.8 Å². The Kier molecular flexibility index (Phi) is 4.35. The SMILES string of the molecule is C=C[C@@H]1C[C@H](c2ccccc2)C[C@@H](OCC)O1. The first-order valence-corrected chi connectivity index (χ1v) is 6.28. The molecule has 1 fully saturated rings. The third-order valence-electron chi connectivity index (χ3n) is 3.21. The van der Waals surface area contributed by atoms with Crippen LogP contribution >= 0.6 is 0 Å². The molecule has 17 heavy (non-hydrogen) atoms. The molecule has 2 nitrogen and oxygen atoms in total. The maximum absolute atomic E-state index is 5.79. The van der Waals surface area contributed by atoms with Crippen molar-refractivity contribution in [3.8, 4) is 0 Å². The molecule has 0 saturated carbocycles. The van der Waals surface area contributed by atoms with Gasteiger partial charge in [0, 0.05) is 13.0 Å². The molecule has 0 amide bonds. The van der Waals surface area contributed by atoms with Crippen LogP contribution in [0.4, 0.5) is 0 Å². The van der Waals surface area contributed by atoms with Crippen LogP contribution in [0.5, 0.6) is 0 Å². The van der Waals surface area contributed by atoms with Crippen molar-refractivity contribution in [1.29, 1.82) is 0 Å². The molecule has 3 atom stereocenters. The zero-order valence-corrected chi connectivity index (χ0v) is 10.3. The Labute approximate surface area is 103 Å². The van der Waals surface area contributed by atoms with Crippen molar-refractivity contribution < 1.29 is 9.47 Å². The number of hydrogen-bond donors (Lipinski definition) is 0. The highest BCUT2D eigenvalue weighted by atomic mass is 16.7. The second kappa shape index (κ2) is 5.99. The quantitative estimate of drug-likeness (QED) is 0.740. The van der Waals surface area contributed by atoms with E-state index >= 15 is 0 Å². The minimum absolute atomic E-state index is 0.0954. The van der Waals surface area contributed by atoms with Gasteiger partial charge in [-0.25, -0.2) is 0 Å². The Morgan fingerprint density at radius 3 is 2.76 bits per heavy atom. The Bertz CT molecular complexity index is 347. The van der Waals surface area contributed by atoms with E-state index in [1.807, 2.05) is 19.1 Å². The predicted molar refractivity (Wildman–Crippen MR) is 68.9 cm³/mol. The number of rotatable bonds is 4. The maximum Gasteiger partial charge on any atom is 0.158 e. The van der Waals surface area contributed by atoms with Gasteiger partial charge in [0.2, 0.25) is 0 Å². The molecule has 0 N–H and O–H groups in total. The monoisotopic (exact) mass is 232 g/mol. The maximum atomic E-state index is 5.79. The normalized spacial score (nSPS) is 28.9. The first-order valence-electron chi connectivity index (χ1n) is 6.28. The standard InChI is InChI=1S/C15H20O2/c1-3-14-10-13(11-15(17-14)16-4-2)12-8-6-5-7-9-12/h3,5-9,13-15H,1,4,10-11H2,2H3/t13-,14+,15-/m0/s1. The second-order valence-electron chi connectivity index (χ2n) is 4.37. The van der Waals surface area contributed by atoms with E-state index in [0.29, 0.717) is 12.5 Å². The molecule has 1 aliphatic heterocycles. The van der Waals surface area contributed by atoms with Crippen molar-refractivity contribution in [2.45, 2.75) is 38.1 Å². The third-order valence-corrected chi connectivity index (χ3v) is 3.21. The summed E-state index contributed by atoms with van der Waals surface area (Å²) in [6.45, 7) is 6.52. The Hall–Kier alpha value is -1.12. The van der Waals surface area contributed by atoms with Gasteiger partial charge in [-0.3, -0.25) is 0 Å². The zero-order valence-electron chi connectivity index (χ0n) is 10.3. The van der Waals surface area contributed by atoms with Crippen molar-refractivity contribution >= 4 is 0 Å². The molecule has 2 rings (SSSR count). The molecular formula is C15H20O2. The minimum atomic E-state index is -0.0954. The fourth-order valence-corrected chi connectivity index (χ4v) is 2.36. The van der Waals surface area contributed by atoms with Gasteiger partial charge >= 0.3 is 0 Å². The van der Waals surface area contributed by atoms with Crippen molar-refractivity contribution in [3.63, 3.8) is 0 Å². The third kappa shape index (κ3) is 3.18. The highest BCUT2D eigenvalue weighted by Crippen LogP contribution is 2.33. The van der Waals surface area contributed by atoms with Gasteiger partial charge in [0.1, 0.15) is 0 Å². The van der Waals surface area contributed by atoms with E-state index < -0.39 is 0 Å². The van der Waals surface area contributed by atoms with Crippen molar-refractivity contribution in [1.82, 2.24) is 0 Å². The van der Waals surface area contributed by atoms with Crippen molar-refractivity contribution in [3.05, 3.63) is 48.6 Å². The summed E-state index contributed by atoms with van der Waals surface area (Å²) in [5.74, 6) is 0.504. The molecule has 1 saturated heterocycles. The highest BCUT2D eigenvalue weighted by molar-refractivity contribution is 5.20. The average molecular weight is 232 g/mol. The van der Waals surface area contributed by atoms with Crippen molar-refractivity contribution in [2.24, 2.45) is 0 Å². The largest absolute Gasteiger partial charge is 0.353 e. The fourth-order valence-electron chi connectivity index (χ4n) is 2.36. The van der Waals surface area contributed by atoms with Gasteiger partial charge in [-0.2, -0.15) is 0 Å². The summed E-state index contributed by atoms with van der Waals surface area (Å²) >= 11 is 0. The molecule has 92 valence electrons. The lowest BCUT2D eigenvalue weighted by atomic mass is 9.88. The lowest BCUT2D eigenvalue weighted by Crippen LogP contribution is -2.32. The average Bonchev–Trinajstić information content (AvgIpc) is 2.40. The van der Waals surface area contributed by atoms with Crippen LogP contribution in [0, 0.1) is 0 Å².